The lowest BCUT2D eigenvalue weighted by molar-refractivity contribution is 0.0928. The second-order valence-corrected chi connectivity index (χ2v) is 6.80. The van der Waals surface area contributed by atoms with E-state index in [1.807, 2.05) is 28.8 Å². The Balaban J connectivity index is 1.60. The van der Waals surface area contributed by atoms with Gasteiger partial charge in [-0.1, -0.05) is 42.5 Å². The number of anilines is 2. The number of para-hydroxylation sites is 1. The first kappa shape index (κ1) is 15.7. The van der Waals surface area contributed by atoms with Crippen LogP contribution in [0.3, 0.4) is 0 Å². The number of nitrogens with one attached hydrogen (secondary N) is 2. The standard InChI is InChI=1S/C23H19N3O/c27-23-22-13-17(15-26(22)12-11-24-23)20-8-4-5-16-9-10-19(14-21(16)20)25-18-6-2-1-3-7-18/h1-10,13-15,25H,11-12H2,(H,24,27). The molecule has 0 fully saturated rings. The predicted octanol–water partition coefficient (Wildman–Crippen LogP) is 4.80. The quantitative estimate of drug-likeness (QED) is 0.556. The lowest BCUT2D eigenvalue weighted by Crippen LogP contribution is -2.34. The topological polar surface area (TPSA) is 46.1 Å². The molecule has 0 radical (unpaired) electrons. The number of amides is 1. The van der Waals surface area contributed by atoms with Crippen LogP contribution in [-0.2, 0) is 6.54 Å². The summed E-state index contributed by atoms with van der Waals surface area (Å²) in [6.07, 6.45) is 2.08. The van der Waals surface area contributed by atoms with Crippen molar-refractivity contribution in [2.24, 2.45) is 0 Å². The monoisotopic (exact) mass is 353 g/mol. The second kappa shape index (κ2) is 6.32. The molecule has 1 aliphatic rings. The maximum Gasteiger partial charge on any atom is 0.267 e. The molecule has 0 bridgehead atoms. The maximum absolute atomic E-state index is 12.1. The van der Waals surface area contributed by atoms with Gasteiger partial charge in [-0.3, -0.25) is 4.79 Å². The van der Waals surface area contributed by atoms with Crippen LogP contribution in [0.1, 0.15) is 10.5 Å². The molecule has 0 spiro atoms. The SMILES string of the molecule is O=C1NCCn2cc(-c3cccc4ccc(Nc5ccccc5)cc34)cc21. The van der Waals surface area contributed by atoms with Crippen LogP contribution < -0.4 is 10.6 Å². The molecule has 0 aliphatic carbocycles. The molecule has 4 heteroatoms. The van der Waals surface area contributed by atoms with Crippen LogP contribution >= 0.6 is 0 Å². The summed E-state index contributed by atoms with van der Waals surface area (Å²) in [6, 6.07) is 24.8. The lowest BCUT2D eigenvalue weighted by Gasteiger charge is -2.14. The Morgan fingerprint density at radius 2 is 1.78 bits per heavy atom. The summed E-state index contributed by atoms with van der Waals surface area (Å²) < 4.78 is 2.04. The molecule has 4 aromatic rings. The minimum Gasteiger partial charge on any atom is -0.356 e. The fraction of sp³-hybridized carbons (Fsp3) is 0.0870. The molecule has 27 heavy (non-hydrogen) atoms. The molecule has 3 aromatic carbocycles. The van der Waals surface area contributed by atoms with Crippen molar-refractivity contribution in [2.45, 2.75) is 6.54 Å². The third-order valence-corrected chi connectivity index (χ3v) is 5.02. The van der Waals surface area contributed by atoms with Crippen molar-refractivity contribution in [3.63, 3.8) is 0 Å². The Morgan fingerprint density at radius 1 is 0.889 bits per heavy atom. The van der Waals surface area contributed by atoms with Gasteiger partial charge in [-0.05, 0) is 46.7 Å². The summed E-state index contributed by atoms with van der Waals surface area (Å²) in [6.45, 7) is 1.49. The maximum atomic E-state index is 12.1. The summed E-state index contributed by atoms with van der Waals surface area (Å²) in [5, 5.41) is 8.72. The fourth-order valence-corrected chi connectivity index (χ4v) is 3.70. The van der Waals surface area contributed by atoms with E-state index in [9.17, 15) is 4.79 Å². The van der Waals surface area contributed by atoms with Gasteiger partial charge in [0.05, 0.1) is 0 Å². The highest BCUT2D eigenvalue weighted by Crippen LogP contribution is 2.33. The molecule has 132 valence electrons. The highest BCUT2D eigenvalue weighted by Gasteiger charge is 2.19. The van der Waals surface area contributed by atoms with E-state index in [0.717, 1.165) is 34.7 Å². The van der Waals surface area contributed by atoms with Gasteiger partial charge in [-0.25, -0.2) is 0 Å². The summed E-state index contributed by atoms with van der Waals surface area (Å²) in [5.41, 5.74) is 5.04. The zero-order chi connectivity index (χ0) is 18.2. The zero-order valence-electron chi connectivity index (χ0n) is 14.8. The van der Waals surface area contributed by atoms with Crippen LogP contribution in [0.4, 0.5) is 11.4 Å². The minimum absolute atomic E-state index is 0.000769. The van der Waals surface area contributed by atoms with Crippen molar-refractivity contribution in [2.75, 3.05) is 11.9 Å². The van der Waals surface area contributed by atoms with Gasteiger partial charge in [0.25, 0.3) is 5.91 Å². The van der Waals surface area contributed by atoms with E-state index >= 15 is 0 Å². The number of hydrogen-bond acceptors (Lipinski definition) is 2. The van der Waals surface area contributed by atoms with E-state index in [2.05, 4.69) is 65.4 Å². The average molecular weight is 353 g/mol. The highest BCUT2D eigenvalue weighted by molar-refractivity contribution is 6.01. The Morgan fingerprint density at radius 3 is 2.63 bits per heavy atom. The van der Waals surface area contributed by atoms with E-state index in [1.54, 1.807) is 0 Å². The molecular weight excluding hydrogens is 334 g/mol. The number of aromatic nitrogens is 1. The highest BCUT2D eigenvalue weighted by atomic mass is 16.2. The molecule has 1 aromatic heterocycles. The van der Waals surface area contributed by atoms with Crippen LogP contribution in [0.15, 0.2) is 79.0 Å². The summed E-state index contributed by atoms with van der Waals surface area (Å²) in [5.74, 6) is -0.000769. The van der Waals surface area contributed by atoms with Crippen LogP contribution in [0, 0.1) is 0 Å². The first-order chi connectivity index (χ1) is 13.3. The van der Waals surface area contributed by atoms with Crippen molar-refractivity contribution >= 4 is 28.1 Å². The summed E-state index contributed by atoms with van der Waals surface area (Å²) in [7, 11) is 0. The van der Waals surface area contributed by atoms with Crippen molar-refractivity contribution in [1.82, 2.24) is 9.88 Å². The van der Waals surface area contributed by atoms with Gasteiger partial charge in [0.15, 0.2) is 0 Å². The van der Waals surface area contributed by atoms with Gasteiger partial charge in [-0.15, -0.1) is 0 Å². The van der Waals surface area contributed by atoms with E-state index in [4.69, 9.17) is 0 Å². The molecule has 5 rings (SSSR count). The Bertz CT molecular complexity index is 1140. The van der Waals surface area contributed by atoms with E-state index < -0.39 is 0 Å². The fourth-order valence-electron chi connectivity index (χ4n) is 3.70. The number of hydrogen-bond donors (Lipinski definition) is 2. The smallest absolute Gasteiger partial charge is 0.267 e. The number of rotatable bonds is 3. The normalized spacial score (nSPS) is 13.3. The Labute approximate surface area is 157 Å². The second-order valence-electron chi connectivity index (χ2n) is 6.80. The van der Waals surface area contributed by atoms with Crippen molar-refractivity contribution in [3.8, 4) is 11.1 Å². The van der Waals surface area contributed by atoms with E-state index in [1.165, 1.54) is 10.8 Å². The molecule has 1 amide bonds. The van der Waals surface area contributed by atoms with Gasteiger partial charge >= 0.3 is 0 Å². The molecule has 4 nitrogen and oxygen atoms in total. The van der Waals surface area contributed by atoms with Gasteiger partial charge in [0, 0.05) is 36.2 Å². The lowest BCUT2D eigenvalue weighted by atomic mass is 9.99. The molecule has 2 N–H and O–H groups in total. The number of fused-ring (bicyclic) bond motifs is 2. The van der Waals surface area contributed by atoms with Gasteiger partial charge < -0.3 is 15.2 Å². The van der Waals surface area contributed by atoms with Gasteiger partial charge in [-0.2, -0.15) is 0 Å². The summed E-state index contributed by atoms with van der Waals surface area (Å²) in [4.78, 5) is 12.1. The molecular formula is C23H19N3O. The first-order valence-corrected chi connectivity index (χ1v) is 9.11. The number of nitrogens with zero attached hydrogens (tertiary/aromatic N) is 1. The summed E-state index contributed by atoms with van der Waals surface area (Å²) >= 11 is 0. The number of carbonyl (C=O) groups is 1. The Kier molecular flexibility index (Phi) is 3.68. The number of benzene rings is 3. The zero-order valence-corrected chi connectivity index (χ0v) is 14.8. The Hall–Kier alpha value is -3.53. The minimum atomic E-state index is -0.000769. The largest absolute Gasteiger partial charge is 0.356 e. The molecule has 1 aliphatic heterocycles. The van der Waals surface area contributed by atoms with E-state index in [0.29, 0.717) is 6.54 Å². The van der Waals surface area contributed by atoms with Gasteiger partial charge in [0.1, 0.15) is 5.69 Å². The third-order valence-electron chi connectivity index (χ3n) is 5.02. The molecule has 0 saturated carbocycles. The van der Waals surface area contributed by atoms with E-state index in [-0.39, 0.29) is 5.91 Å². The first-order valence-electron chi connectivity index (χ1n) is 9.11. The molecule has 2 heterocycles. The van der Waals surface area contributed by atoms with Crippen LogP contribution in [-0.4, -0.2) is 17.0 Å². The van der Waals surface area contributed by atoms with Crippen LogP contribution in [0.2, 0.25) is 0 Å². The predicted molar refractivity (Wildman–Crippen MR) is 109 cm³/mol. The number of carbonyl (C=O) groups excluding carboxylic acids is 1. The average Bonchev–Trinajstić information content (AvgIpc) is 3.14. The third kappa shape index (κ3) is 2.85. The van der Waals surface area contributed by atoms with Crippen molar-refractivity contribution < 1.29 is 4.79 Å². The van der Waals surface area contributed by atoms with Crippen LogP contribution in [0.5, 0.6) is 0 Å². The molecule has 0 saturated heterocycles. The van der Waals surface area contributed by atoms with Crippen molar-refractivity contribution in [3.05, 3.63) is 84.7 Å². The molecule has 0 atom stereocenters. The van der Waals surface area contributed by atoms with Crippen molar-refractivity contribution in [1.29, 1.82) is 0 Å². The van der Waals surface area contributed by atoms with Gasteiger partial charge in [0.2, 0.25) is 0 Å². The van der Waals surface area contributed by atoms with Crippen LogP contribution in [0.25, 0.3) is 21.9 Å². The molecule has 0 unspecified atom stereocenters.